The van der Waals surface area contributed by atoms with Crippen LogP contribution in [0, 0.1) is 0 Å². The molecule has 0 saturated heterocycles. The molecule has 0 N–H and O–H groups in total. The van der Waals surface area contributed by atoms with E-state index >= 15 is 0 Å². The van der Waals surface area contributed by atoms with Crippen LogP contribution in [0.4, 0.5) is 0 Å². The van der Waals surface area contributed by atoms with Crippen molar-refractivity contribution in [3.05, 3.63) is 34.6 Å². The minimum atomic E-state index is -0.0808. The van der Waals surface area contributed by atoms with E-state index in [1.807, 2.05) is 0 Å². The maximum Gasteiger partial charge on any atom is 0.315 e. The van der Waals surface area contributed by atoms with Gasteiger partial charge in [-0.1, -0.05) is 17.7 Å². The fraction of sp³-hybridized carbons (Fsp3) is 0.417. The van der Waals surface area contributed by atoms with Crippen molar-refractivity contribution < 1.29 is 9.53 Å². The first kappa shape index (κ1) is 8.04. The molecule has 1 heterocycles. The Balaban J connectivity index is 2.05. The fourth-order valence-corrected chi connectivity index (χ4v) is 2.47. The van der Waals surface area contributed by atoms with E-state index in [-0.39, 0.29) is 5.97 Å². The second-order valence-corrected chi connectivity index (χ2v) is 4.01. The highest BCUT2D eigenvalue weighted by Gasteiger charge is 2.30. The Morgan fingerprint density at radius 2 is 2.14 bits per heavy atom. The van der Waals surface area contributed by atoms with Crippen molar-refractivity contribution >= 4 is 5.97 Å². The molecule has 1 aliphatic heterocycles. The van der Waals surface area contributed by atoms with Gasteiger partial charge in [0.25, 0.3) is 0 Å². The second kappa shape index (κ2) is 2.84. The van der Waals surface area contributed by atoms with Crippen LogP contribution in [0.2, 0.25) is 0 Å². The highest BCUT2D eigenvalue weighted by molar-refractivity contribution is 5.80. The van der Waals surface area contributed by atoms with Gasteiger partial charge in [0.1, 0.15) is 5.76 Å². The molecule has 0 saturated carbocycles. The summed E-state index contributed by atoms with van der Waals surface area (Å²) in [5.74, 6) is 0.850. The zero-order valence-corrected chi connectivity index (χ0v) is 8.01. The number of carbonyl (C=O) groups excluding carboxylic acids is 1. The summed E-state index contributed by atoms with van der Waals surface area (Å²) in [6.45, 7) is 0. The van der Waals surface area contributed by atoms with Crippen LogP contribution >= 0.6 is 0 Å². The van der Waals surface area contributed by atoms with Gasteiger partial charge in [-0.05, 0) is 24.8 Å². The number of hydrogen-bond donors (Lipinski definition) is 0. The molecule has 72 valence electrons. The van der Waals surface area contributed by atoms with Gasteiger partial charge < -0.3 is 4.74 Å². The molecular formula is C12H12O2. The predicted octanol–water partition coefficient (Wildman–Crippen LogP) is 2.63. The molecule has 0 aromatic carbocycles. The van der Waals surface area contributed by atoms with E-state index in [9.17, 15) is 4.79 Å². The van der Waals surface area contributed by atoms with Gasteiger partial charge in [0.2, 0.25) is 0 Å². The normalized spacial score (nSPS) is 25.0. The van der Waals surface area contributed by atoms with Crippen LogP contribution in [0.5, 0.6) is 0 Å². The lowest BCUT2D eigenvalue weighted by atomic mass is 9.84. The molecule has 2 nitrogen and oxygen atoms in total. The number of rotatable bonds is 0. The van der Waals surface area contributed by atoms with Gasteiger partial charge in [-0.2, -0.15) is 0 Å². The zero-order chi connectivity index (χ0) is 9.54. The molecule has 0 fully saturated rings. The van der Waals surface area contributed by atoms with E-state index < -0.39 is 0 Å². The van der Waals surface area contributed by atoms with Crippen LogP contribution in [0.15, 0.2) is 34.6 Å². The molecule has 3 aliphatic rings. The molecule has 3 rings (SSSR count). The molecule has 2 aliphatic carbocycles. The van der Waals surface area contributed by atoms with E-state index in [1.54, 1.807) is 0 Å². The van der Waals surface area contributed by atoms with E-state index in [0.717, 1.165) is 37.0 Å². The van der Waals surface area contributed by atoms with Crippen molar-refractivity contribution in [2.24, 2.45) is 0 Å². The van der Waals surface area contributed by atoms with Crippen molar-refractivity contribution in [2.45, 2.75) is 32.1 Å². The summed E-state index contributed by atoms with van der Waals surface area (Å²) < 4.78 is 5.19. The number of carbonyl (C=O) groups is 1. The third kappa shape index (κ3) is 1.07. The fourth-order valence-electron chi connectivity index (χ4n) is 2.47. The maximum atomic E-state index is 11.2. The molecule has 2 heteroatoms. The van der Waals surface area contributed by atoms with Crippen molar-refractivity contribution in [3.8, 4) is 0 Å². The Kier molecular flexibility index (Phi) is 1.63. The molecular weight excluding hydrogens is 176 g/mol. The smallest absolute Gasteiger partial charge is 0.315 e. The summed E-state index contributed by atoms with van der Waals surface area (Å²) in [7, 11) is 0. The minimum Gasteiger partial charge on any atom is -0.430 e. The second-order valence-electron chi connectivity index (χ2n) is 4.01. The summed E-state index contributed by atoms with van der Waals surface area (Å²) in [4.78, 5) is 11.2. The molecule has 0 atom stereocenters. The van der Waals surface area contributed by atoms with Crippen LogP contribution in [0.1, 0.15) is 32.1 Å². The van der Waals surface area contributed by atoms with Gasteiger partial charge in [0, 0.05) is 12.0 Å². The number of esters is 1. The van der Waals surface area contributed by atoms with Crippen LogP contribution in [-0.2, 0) is 9.53 Å². The first-order valence-electron chi connectivity index (χ1n) is 5.16. The molecule has 0 aromatic rings. The molecule has 14 heavy (non-hydrogen) atoms. The monoisotopic (exact) mass is 188 g/mol. The lowest BCUT2D eigenvalue weighted by Gasteiger charge is -2.21. The van der Waals surface area contributed by atoms with Crippen molar-refractivity contribution in [3.63, 3.8) is 0 Å². The van der Waals surface area contributed by atoms with Gasteiger partial charge in [0.15, 0.2) is 0 Å². The third-order valence-electron chi connectivity index (χ3n) is 3.15. The summed E-state index contributed by atoms with van der Waals surface area (Å²) in [6, 6.07) is 0. The SMILES string of the molecule is O=C1CC2=C(CCC3=C2C=CCC3)O1. The molecule has 0 amide bonds. The Hall–Kier alpha value is -1.31. The number of ether oxygens (including phenoxy) is 1. The summed E-state index contributed by atoms with van der Waals surface area (Å²) in [5, 5.41) is 0. The Morgan fingerprint density at radius 1 is 1.21 bits per heavy atom. The molecule has 0 bridgehead atoms. The Bertz CT molecular complexity index is 397. The molecule has 0 unspecified atom stereocenters. The highest BCUT2D eigenvalue weighted by Crippen LogP contribution is 2.40. The lowest BCUT2D eigenvalue weighted by molar-refractivity contribution is -0.136. The topological polar surface area (TPSA) is 26.3 Å². The van der Waals surface area contributed by atoms with Gasteiger partial charge in [-0.3, -0.25) is 4.79 Å². The quantitative estimate of drug-likeness (QED) is 0.546. The average molecular weight is 188 g/mol. The largest absolute Gasteiger partial charge is 0.430 e. The van der Waals surface area contributed by atoms with Crippen LogP contribution in [0.3, 0.4) is 0 Å². The first-order chi connectivity index (χ1) is 6.84. The predicted molar refractivity (Wildman–Crippen MR) is 52.4 cm³/mol. The molecule has 0 spiro atoms. The lowest BCUT2D eigenvalue weighted by Crippen LogP contribution is -2.04. The van der Waals surface area contributed by atoms with E-state index in [4.69, 9.17) is 4.74 Å². The van der Waals surface area contributed by atoms with Crippen LogP contribution < -0.4 is 0 Å². The van der Waals surface area contributed by atoms with E-state index in [2.05, 4.69) is 12.2 Å². The third-order valence-corrected chi connectivity index (χ3v) is 3.15. The zero-order valence-electron chi connectivity index (χ0n) is 8.01. The number of hydrogen-bond acceptors (Lipinski definition) is 2. The Morgan fingerprint density at radius 3 is 3.07 bits per heavy atom. The van der Waals surface area contributed by atoms with Gasteiger partial charge in [0.05, 0.1) is 6.42 Å². The first-order valence-corrected chi connectivity index (χ1v) is 5.16. The van der Waals surface area contributed by atoms with Crippen molar-refractivity contribution in [1.29, 1.82) is 0 Å². The summed E-state index contributed by atoms with van der Waals surface area (Å²) >= 11 is 0. The van der Waals surface area contributed by atoms with Crippen LogP contribution in [0.25, 0.3) is 0 Å². The summed E-state index contributed by atoms with van der Waals surface area (Å²) in [5.41, 5.74) is 3.97. The minimum absolute atomic E-state index is 0.0808. The van der Waals surface area contributed by atoms with Gasteiger partial charge in [-0.25, -0.2) is 0 Å². The molecule has 0 radical (unpaired) electrons. The molecule has 0 aromatic heterocycles. The van der Waals surface area contributed by atoms with E-state index in [0.29, 0.717) is 6.42 Å². The maximum absolute atomic E-state index is 11.2. The Labute approximate surface area is 82.9 Å². The standard InChI is InChI=1S/C12H12O2/c13-12-7-10-9-4-2-1-3-8(9)5-6-11(10)14-12/h2,4H,1,3,5-7H2. The summed E-state index contributed by atoms with van der Waals surface area (Å²) in [6.07, 6.45) is 9.15. The van der Waals surface area contributed by atoms with Gasteiger partial charge >= 0.3 is 5.97 Å². The highest BCUT2D eigenvalue weighted by atomic mass is 16.5. The van der Waals surface area contributed by atoms with Crippen LogP contribution in [-0.4, -0.2) is 5.97 Å². The van der Waals surface area contributed by atoms with Crippen molar-refractivity contribution in [1.82, 2.24) is 0 Å². The number of fused-ring (bicyclic) bond motifs is 1. The average Bonchev–Trinajstić information content (AvgIpc) is 2.59. The van der Waals surface area contributed by atoms with Crippen molar-refractivity contribution in [2.75, 3.05) is 0 Å². The van der Waals surface area contributed by atoms with E-state index in [1.165, 1.54) is 11.1 Å². The number of allylic oxidation sites excluding steroid dienone is 5. The van der Waals surface area contributed by atoms with Gasteiger partial charge in [-0.15, -0.1) is 0 Å².